The third kappa shape index (κ3) is 4.47. The Morgan fingerprint density at radius 3 is 2.39 bits per heavy atom. The number of halogens is 1. The second kappa shape index (κ2) is 8.54. The molecule has 0 atom stereocenters. The molecule has 0 aliphatic carbocycles. The summed E-state index contributed by atoms with van der Waals surface area (Å²) in [5, 5.41) is 12.8. The maximum absolute atomic E-state index is 13.1. The molecule has 4 rings (SSSR count). The Labute approximate surface area is 162 Å². The second-order valence-electron chi connectivity index (χ2n) is 6.48. The SMILES string of the molecule is Fc1ccc(Cn2nc(CNCc3cccnc3)c(-c3ccccc3)n2)cc1. The van der Waals surface area contributed by atoms with E-state index in [1.165, 1.54) is 12.1 Å². The molecule has 6 heteroatoms. The molecule has 0 amide bonds. The molecule has 2 heterocycles. The zero-order valence-corrected chi connectivity index (χ0v) is 15.3. The van der Waals surface area contributed by atoms with Crippen LogP contribution in [-0.2, 0) is 19.6 Å². The Hall–Kier alpha value is -3.38. The van der Waals surface area contributed by atoms with Crippen molar-refractivity contribution in [2.24, 2.45) is 0 Å². The van der Waals surface area contributed by atoms with Gasteiger partial charge in [-0.05, 0) is 29.3 Å². The molecule has 2 aromatic carbocycles. The average Bonchev–Trinajstić information content (AvgIpc) is 3.14. The van der Waals surface area contributed by atoms with E-state index in [9.17, 15) is 4.39 Å². The fraction of sp³-hybridized carbons (Fsp3) is 0.136. The molecule has 1 N–H and O–H groups in total. The third-order valence-corrected chi connectivity index (χ3v) is 4.35. The van der Waals surface area contributed by atoms with Crippen molar-refractivity contribution in [1.29, 1.82) is 0 Å². The van der Waals surface area contributed by atoms with Crippen molar-refractivity contribution in [3.8, 4) is 11.3 Å². The Bertz CT molecular complexity index is 1010. The van der Waals surface area contributed by atoms with Gasteiger partial charge >= 0.3 is 0 Å². The molecule has 0 aliphatic heterocycles. The van der Waals surface area contributed by atoms with E-state index in [-0.39, 0.29) is 5.82 Å². The number of pyridine rings is 1. The van der Waals surface area contributed by atoms with Crippen molar-refractivity contribution in [3.63, 3.8) is 0 Å². The van der Waals surface area contributed by atoms with E-state index in [0.717, 1.165) is 28.1 Å². The molecule has 140 valence electrons. The van der Waals surface area contributed by atoms with Crippen LogP contribution in [0.25, 0.3) is 11.3 Å². The molecule has 0 saturated carbocycles. The molecule has 4 aromatic rings. The number of benzene rings is 2. The largest absolute Gasteiger partial charge is 0.307 e. The van der Waals surface area contributed by atoms with Crippen molar-refractivity contribution in [2.75, 3.05) is 0 Å². The first-order valence-electron chi connectivity index (χ1n) is 9.11. The van der Waals surface area contributed by atoms with E-state index in [0.29, 0.717) is 19.6 Å². The van der Waals surface area contributed by atoms with E-state index in [1.807, 2.05) is 48.7 Å². The van der Waals surface area contributed by atoms with E-state index in [2.05, 4.69) is 20.5 Å². The van der Waals surface area contributed by atoms with Crippen LogP contribution in [0.4, 0.5) is 4.39 Å². The molecule has 2 aromatic heterocycles. The molecular formula is C22H20FN5. The fourth-order valence-corrected chi connectivity index (χ4v) is 2.97. The van der Waals surface area contributed by atoms with Gasteiger partial charge in [-0.3, -0.25) is 4.98 Å². The van der Waals surface area contributed by atoms with Crippen LogP contribution in [0.5, 0.6) is 0 Å². The number of hydrogen-bond donors (Lipinski definition) is 1. The van der Waals surface area contributed by atoms with E-state index >= 15 is 0 Å². The van der Waals surface area contributed by atoms with Crippen LogP contribution in [0.2, 0.25) is 0 Å². The minimum absolute atomic E-state index is 0.248. The lowest BCUT2D eigenvalue weighted by molar-refractivity contribution is 0.574. The standard InChI is InChI=1S/C22H20FN5/c23-20-10-8-17(9-11-20)16-28-26-21(15-25-14-18-5-4-12-24-13-18)22(27-28)19-6-2-1-3-7-19/h1-13,25H,14-16H2. The summed E-state index contributed by atoms with van der Waals surface area (Å²) in [5.41, 5.74) is 4.80. The van der Waals surface area contributed by atoms with Crippen LogP contribution in [0.1, 0.15) is 16.8 Å². The number of hydrogen-bond acceptors (Lipinski definition) is 4. The van der Waals surface area contributed by atoms with Gasteiger partial charge in [-0.1, -0.05) is 48.5 Å². The maximum Gasteiger partial charge on any atom is 0.123 e. The summed E-state index contributed by atoms with van der Waals surface area (Å²) in [6.45, 7) is 1.78. The van der Waals surface area contributed by atoms with Crippen LogP contribution in [0, 0.1) is 5.82 Å². The number of aromatic nitrogens is 4. The summed E-state index contributed by atoms with van der Waals surface area (Å²) >= 11 is 0. The summed E-state index contributed by atoms with van der Waals surface area (Å²) in [6.07, 6.45) is 3.61. The van der Waals surface area contributed by atoms with E-state index in [4.69, 9.17) is 0 Å². The van der Waals surface area contributed by atoms with Gasteiger partial charge in [-0.15, -0.1) is 0 Å². The lowest BCUT2D eigenvalue weighted by Gasteiger charge is -2.04. The normalized spacial score (nSPS) is 10.9. The second-order valence-corrected chi connectivity index (χ2v) is 6.48. The molecule has 0 radical (unpaired) electrons. The zero-order valence-electron chi connectivity index (χ0n) is 15.3. The molecule has 0 aliphatic rings. The molecule has 5 nitrogen and oxygen atoms in total. The molecule has 0 spiro atoms. The summed E-state index contributed by atoms with van der Waals surface area (Å²) in [7, 11) is 0. The van der Waals surface area contributed by atoms with Gasteiger partial charge in [0.1, 0.15) is 17.2 Å². The highest BCUT2D eigenvalue weighted by molar-refractivity contribution is 5.60. The molecule has 0 unspecified atom stereocenters. The zero-order chi connectivity index (χ0) is 19.2. The van der Waals surface area contributed by atoms with Gasteiger partial charge in [0.05, 0.1) is 6.54 Å². The highest BCUT2D eigenvalue weighted by Gasteiger charge is 2.13. The topological polar surface area (TPSA) is 55.6 Å². The molecule has 0 saturated heterocycles. The van der Waals surface area contributed by atoms with Crippen LogP contribution in [0.3, 0.4) is 0 Å². The predicted molar refractivity (Wildman–Crippen MR) is 106 cm³/mol. The summed E-state index contributed by atoms with van der Waals surface area (Å²) in [5.74, 6) is -0.248. The third-order valence-electron chi connectivity index (χ3n) is 4.35. The molecular weight excluding hydrogens is 353 g/mol. The van der Waals surface area contributed by atoms with E-state index in [1.54, 1.807) is 23.1 Å². The summed E-state index contributed by atoms with van der Waals surface area (Å²) in [4.78, 5) is 5.80. The quantitative estimate of drug-likeness (QED) is 0.535. The first-order chi connectivity index (χ1) is 13.8. The van der Waals surface area contributed by atoms with Gasteiger partial charge < -0.3 is 5.32 Å². The number of nitrogens with zero attached hydrogens (tertiary/aromatic N) is 4. The Morgan fingerprint density at radius 2 is 1.64 bits per heavy atom. The van der Waals surface area contributed by atoms with Crippen molar-refractivity contribution in [3.05, 3.63) is 102 Å². The minimum atomic E-state index is -0.248. The highest BCUT2D eigenvalue weighted by Crippen LogP contribution is 2.20. The predicted octanol–water partition coefficient (Wildman–Crippen LogP) is 3.82. The van der Waals surface area contributed by atoms with Gasteiger partial charge in [0, 0.05) is 31.0 Å². The van der Waals surface area contributed by atoms with Crippen molar-refractivity contribution in [1.82, 2.24) is 25.3 Å². The van der Waals surface area contributed by atoms with Gasteiger partial charge in [0.25, 0.3) is 0 Å². The van der Waals surface area contributed by atoms with E-state index < -0.39 is 0 Å². The van der Waals surface area contributed by atoms with Crippen molar-refractivity contribution in [2.45, 2.75) is 19.6 Å². The number of rotatable bonds is 7. The first-order valence-corrected chi connectivity index (χ1v) is 9.11. The molecule has 0 bridgehead atoms. The highest BCUT2D eigenvalue weighted by atomic mass is 19.1. The van der Waals surface area contributed by atoms with Crippen molar-refractivity contribution >= 4 is 0 Å². The molecule has 0 fully saturated rings. The monoisotopic (exact) mass is 373 g/mol. The average molecular weight is 373 g/mol. The van der Waals surface area contributed by atoms with Crippen LogP contribution < -0.4 is 5.32 Å². The first kappa shape index (κ1) is 18.0. The molecule has 28 heavy (non-hydrogen) atoms. The van der Waals surface area contributed by atoms with Gasteiger partial charge in [0.2, 0.25) is 0 Å². The van der Waals surface area contributed by atoms with Crippen molar-refractivity contribution < 1.29 is 4.39 Å². The lowest BCUT2D eigenvalue weighted by atomic mass is 10.1. The smallest absolute Gasteiger partial charge is 0.123 e. The fourth-order valence-electron chi connectivity index (χ4n) is 2.97. The van der Waals surface area contributed by atoms with Crippen LogP contribution >= 0.6 is 0 Å². The Kier molecular flexibility index (Phi) is 5.49. The summed E-state index contributed by atoms with van der Waals surface area (Å²) in [6, 6.07) is 20.4. The minimum Gasteiger partial charge on any atom is -0.307 e. The Morgan fingerprint density at radius 1 is 0.821 bits per heavy atom. The lowest BCUT2D eigenvalue weighted by Crippen LogP contribution is -2.14. The van der Waals surface area contributed by atoms with Gasteiger partial charge in [0.15, 0.2) is 0 Å². The van der Waals surface area contributed by atoms with Gasteiger partial charge in [-0.2, -0.15) is 15.0 Å². The van der Waals surface area contributed by atoms with Gasteiger partial charge in [-0.25, -0.2) is 4.39 Å². The number of nitrogens with one attached hydrogen (secondary N) is 1. The summed E-state index contributed by atoms with van der Waals surface area (Å²) < 4.78 is 13.1. The Balaban J connectivity index is 1.54. The van der Waals surface area contributed by atoms with Crippen LogP contribution in [0.15, 0.2) is 79.1 Å². The van der Waals surface area contributed by atoms with Crippen LogP contribution in [-0.4, -0.2) is 20.0 Å². The maximum atomic E-state index is 13.1.